The van der Waals surface area contributed by atoms with E-state index < -0.39 is 6.04 Å². The summed E-state index contributed by atoms with van der Waals surface area (Å²) in [6.07, 6.45) is 4.76. The summed E-state index contributed by atoms with van der Waals surface area (Å²) in [5.74, 6) is -0.0826. The van der Waals surface area contributed by atoms with E-state index in [9.17, 15) is 4.79 Å². The van der Waals surface area contributed by atoms with E-state index in [0.717, 1.165) is 19.4 Å². The first-order chi connectivity index (χ1) is 6.70. The fourth-order valence-corrected chi connectivity index (χ4v) is 1.55. The molecule has 0 bridgehead atoms. The number of nitrogens with one attached hydrogen (secondary N) is 1. The maximum Gasteiger partial charge on any atom is 0.236 e. The van der Waals surface area contributed by atoms with Gasteiger partial charge in [-0.3, -0.25) is 4.79 Å². The van der Waals surface area contributed by atoms with Crippen LogP contribution in [0.2, 0.25) is 0 Å². The normalized spacial score (nSPS) is 24.3. The Hall–Kier alpha value is -0.610. The lowest BCUT2D eigenvalue weighted by molar-refractivity contribution is -0.122. The maximum absolute atomic E-state index is 11.1. The molecule has 1 aliphatic heterocycles. The molecule has 0 aliphatic carbocycles. The van der Waals surface area contributed by atoms with Crippen LogP contribution in [0.1, 0.15) is 32.6 Å². The largest absolute Gasteiger partial charge is 0.378 e. The zero-order valence-electron chi connectivity index (χ0n) is 8.79. The Labute approximate surface area is 85.2 Å². The second kappa shape index (κ2) is 5.98. The molecule has 0 aromatic rings. The maximum atomic E-state index is 11.1. The van der Waals surface area contributed by atoms with Gasteiger partial charge in [0.15, 0.2) is 0 Å². The van der Waals surface area contributed by atoms with Gasteiger partial charge in [0, 0.05) is 13.2 Å². The second-order valence-electron chi connectivity index (χ2n) is 3.86. The minimum absolute atomic E-state index is 0.0826. The van der Waals surface area contributed by atoms with Crippen molar-refractivity contribution >= 4 is 5.91 Å². The van der Waals surface area contributed by atoms with Crippen molar-refractivity contribution in [2.45, 2.75) is 44.8 Å². The van der Waals surface area contributed by atoms with E-state index in [0.29, 0.717) is 12.6 Å². The number of hydrogen-bond donors (Lipinski definition) is 2. The fraction of sp³-hybridized carbons (Fsp3) is 0.900. The van der Waals surface area contributed by atoms with Crippen LogP contribution < -0.4 is 11.1 Å². The van der Waals surface area contributed by atoms with Gasteiger partial charge in [-0.1, -0.05) is 0 Å². The molecule has 4 nitrogen and oxygen atoms in total. The first-order valence-corrected chi connectivity index (χ1v) is 5.35. The summed E-state index contributed by atoms with van der Waals surface area (Å²) in [5, 5.41) is 2.79. The van der Waals surface area contributed by atoms with Gasteiger partial charge in [-0.05, 0) is 32.6 Å². The highest BCUT2D eigenvalue weighted by Crippen LogP contribution is 2.14. The van der Waals surface area contributed by atoms with Crippen LogP contribution in [0, 0.1) is 0 Å². The standard InChI is InChI=1S/C10H20N2O2/c1-8(11)10(13)12-6-5-9-4-2-3-7-14-9/h8-9H,2-7,11H2,1H3,(H,12,13). The molecule has 0 saturated carbocycles. The Morgan fingerprint density at radius 3 is 3.00 bits per heavy atom. The summed E-state index contributed by atoms with van der Waals surface area (Å²) < 4.78 is 5.54. The minimum Gasteiger partial charge on any atom is -0.378 e. The van der Waals surface area contributed by atoms with Crippen molar-refractivity contribution in [3.05, 3.63) is 0 Å². The quantitative estimate of drug-likeness (QED) is 0.691. The van der Waals surface area contributed by atoms with E-state index in [2.05, 4.69) is 5.32 Å². The number of hydrogen-bond acceptors (Lipinski definition) is 3. The number of amides is 1. The lowest BCUT2D eigenvalue weighted by Gasteiger charge is -2.22. The number of carbonyl (C=O) groups is 1. The highest BCUT2D eigenvalue weighted by Gasteiger charge is 2.14. The van der Waals surface area contributed by atoms with Gasteiger partial charge in [-0.25, -0.2) is 0 Å². The van der Waals surface area contributed by atoms with Gasteiger partial charge in [0.25, 0.3) is 0 Å². The van der Waals surface area contributed by atoms with Crippen molar-refractivity contribution in [3.63, 3.8) is 0 Å². The topological polar surface area (TPSA) is 64.4 Å². The molecule has 0 spiro atoms. The summed E-state index contributed by atoms with van der Waals surface area (Å²) >= 11 is 0. The monoisotopic (exact) mass is 200 g/mol. The van der Waals surface area contributed by atoms with Gasteiger partial charge in [0.1, 0.15) is 0 Å². The van der Waals surface area contributed by atoms with Gasteiger partial charge in [-0.15, -0.1) is 0 Å². The SMILES string of the molecule is CC(N)C(=O)NCCC1CCCCO1. The molecular formula is C10H20N2O2. The van der Waals surface area contributed by atoms with Crippen molar-refractivity contribution < 1.29 is 9.53 Å². The predicted molar refractivity (Wildman–Crippen MR) is 54.9 cm³/mol. The number of nitrogens with two attached hydrogens (primary N) is 1. The van der Waals surface area contributed by atoms with Gasteiger partial charge in [-0.2, -0.15) is 0 Å². The lowest BCUT2D eigenvalue weighted by Crippen LogP contribution is -2.39. The van der Waals surface area contributed by atoms with Crippen molar-refractivity contribution in [2.24, 2.45) is 5.73 Å². The van der Waals surface area contributed by atoms with Gasteiger partial charge >= 0.3 is 0 Å². The van der Waals surface area contributed by atoms with Crippen LogP contribution in [0.4, 0.5) is 0 Å². The molecule has 1 heterocycles. The van der Waals surface area contributed by atoms with Crippen LogP contribution in [0.5, 0.6) is 0 Å². The Bertz CT molecular complexity index is 177. The van der Waals surface area contributed by atoms with Crippen molar-refractivity contribution in [2.75, 3.05) is 13.2 Å². The van der Waals surface area contributed by atoms with E-state index in [-0.39, 0.29) is 5.91 Å². The van der Waals surface area contributed by atoms with Crippen molar-refractivity contribution in [1.29, 1.82) is 0 Å². The van der Waals surface area contributed by atoms with Crippen LogP contribution in [-0.2, 0) is 9.53 Å². The predicted octanol–water partition coefficient (Wildman–Crippen LogP) is 0.409. The van der Waals surface area contributed by atoms with Crippen LogP contribution in [0.3, 0.4) is 0 Å². The minimum atomic E-state index is -0.415. The fourth-order valence-electron chi connectivity index (χ4n) is 1.55. The molecule has 1 aliphatic rings. The molecule has 3 N–H and O–H groups in total. The van der Waals surface area contributed by atoms with Gasteiger partial charge in [0.2, 0.25) is 5.91 Å². The summed E-state index contributed by atoms with van der Waals surface area (Å²) in [5.41, 5.74) is 5.41. The zero-order valence-corrected chi connectivity index (χ0v) is 8.79. The Morgan fingerprint density at radius 2 is 2.43 bits per heavy atom. The lowest BCUT2D eigenvalue weighted by atomic mass is 10.1. The summed E-state index contributed by atoms with van der Waals surface area (Å²) in [6.45, 7) is 3.23. The molecule has 1 fully saturated rings. The van der Waals surface area contributed by atoms with Gasteiger partial charge < -0.3 is 15.8 Å². The summed E-state index contributed by atoms with van der Waals surface area (Å²) in [6, 6.07) is -0.415. The molecule has 1 saturated heterocycles. The van der Waals surface area contributed by atoms with Crippen molar-refractivity contribution in [1.82, 2.24) is 5.32 Å². The number of carbonyl (C=O) groups excluding carboxylic acids is 1. The third kappa shape index (κ3) is 4.07. The molecular weight excluding hydrogens is 180 g/mol. The second-order valence-corrected chi connectivity index (χ2v) is 3.86. The third-order valence-electron chi connectivity index (χ3n) is 2.45. The Morgan fingerprint density at radius 1 is 1.64 bits per heavy atom. The third-order valence-corrected chi connectivity index (χ3v) is 2.45. The van der Waals surface area contributed by atoms with Crippen LogP contribution in [0.15, 0.2) is 0 Å². The molecule has 1 rings (SSSR count). The van der Waals surface area contributed by atoms with Crippen LogP contribution in [-0.4, -0.2) is 31.2 Å². The van der Waals surface area contributed by atoms with Crippen LogP contribution in [0.25, 0.3) is 0 Å². The van der Waals surface area contributed by atoms with Gasteiger partial charge in [0.05, 0.1) is 12.1 Å². The first-order valence-electron chi connectivity index (χ1n) is 5.35. The van der Waals surface area contributed by atoms with E-state index in [1.54, 1.807) is 6.92 Å². The molecule has 4 heteroatoms. The zero-order chi connectivity index (χ0) is 10.4. The van der Waals surface area contributed by atoms with E-state index in [1.165, 1.54) is 12.8 Å². The molecule has 0 aromatic heterocycles. The van der Waals surface area contributed by atoms with Crippen molar-refractivity contribution in [3.8, 4) is 0 Å². The summed E-state index contributed by atoms with van der Waals surface area (Å²) in [7, 11) is 0. The molecule has 1 amide bonds. The molecule has 82 valence electrons. The highest BCUT2D eigenvalue weighted by molar-refractivity contribution is 5.80. The molecule has 0 aromatic carbocycles. The molecule has 14 heavy (non-hydrogen) atoms. The van der Waals surface area contributed by atoms with E-state index in [1.807, 2.05) is 0 Å². The average Bonchev–Trinajstić information content (AvgIpc) is 2.19. The number of ether oxygens (including phenoxy) is 1. The van der Waals surface area contributed by atoms with E-state index >= 15 is 0 Å². The summed E-state index contributed by atoms with van der Waals surface area (Å²) in [4.78, 5) is 11.1. The highest BCUT2D eigenvalue weighted by atomic mass is 16.5. The number of rotatable bonds is 4. The first kappa shape index (κ1) is 11.5. The Kier molecular flexibility index (Phi) is 4.90. The smallest absolute Gasteiger partial charge is 0.236 e. The Balaban J connectivity index is 2.05. The van der Waals surface area contributed by atoms with Crippen LogP contribution >= 0.6 is 0 Å². The van der Waals surface area contributed by atoms with E-state index in [4.69, 9.17) is 10.5 Å². The molecule has 0 radical (unpaired) electrons. The average molecular weight is 200 g/mol. The molecule has 2 unspecified atom stereocenters. The molecule has 2 atom stereocenters.